The molecule has 0 bridgehead atoms. The van der Waals surface area contributed by atoms with Crippen LogP contribution in [0.25, 0.3) is 0 Å². The molecule has 0 N–H and O–H groups in total. The summed E-state index contributed by atoms with van der Waals surface area (Å²) in [6.45, 7) is 1.78. The van der Waals surface area contributed by atoms with Gasteiger partial charge in [-0.2, -0.15) is 11.8 Å². The number of alkyl halides is 1. The fourth-order valence-corrected chi connectivity index (χ4v) is 3.28. The van der Waals surface area contributed by atoms with Crippen molar-refractivity contribution >= 4 is 29.3 Å². The van der Waals surface area contributed by atoms with Crippen molar-refractivity contribution < 1.29 is 4.79 Å². The van der Waals surface area contributed by atoms with E-state index < -0.39 is 0 Å². The van der Waals surface area contributed by atoms with Crippen molar-refractivity contribution in [2.75, 3.05) is 11.5 Å². The molecule has 2 aliphatic rings. The van der Waals surface area contributed by atoms with E-state index >= 15 is 0 Å². The molecular weight excluding hydrogens is 218 g/mol. The minimum Gasteiger partial charge on any atom is -0.335 e. The first-order chi connectivity index (χ1) is 6.70. The van der Waals surface area contributed by atoms with E-state index in [1.807, 2.05) is 11.8 Å². The maximum absolute atomic E-state index is 11.9. The van der Waals surface area contributed by atoms with Crippen LogP contribution < -0.4 is 0 Å². The van der Waals surface area contributed by atoms with Gasteiger partial charge in [-0.3, -0.25) is 4.79 Å². The zero-order chi connectivity index (χ0) is 10.1. The summed E-state index contributed by atoms with van der Waals surface area (Å²) in [6, 6.07) is 0.966. The Labute approximate surface area is 94.4 Å². The Morgan fingerprint density at radius 2 is 2.14 bits per heavy atom. The van der Waals surface area contributed by atoms with Gasteiger partial charge in [-0.15, -0.1) is 11.6 Å². The fourth-order valence-electron chi connectivity index (χ4n) is 1.96. The summed E-state index contributed by atoms with van der Waals surface area (Å²) in [5, 5.41) is -0.360. The largest absolute Gasteiger partial charge is 0.335 e. The van der Waals surface area contributed by atoms with Crippen LogP contribution in [0.5, 0.6) is 0 Å². The Morgan fingerprint density at radius 3 is 2.57 bits per heavy atom. The Balaban J connectivity index is 2.02. The van der Waals surface area contributed by atoms with Crippen LogP contribution in [-0.4, -0.2) is 39.8 Å². The van der Waals surface area contributed by atoms with Crippen LogP contribution >= 0.6 is 23.4 Å². The Morgan fingerprint density at radius 1 is 1.43 bits per heavy atom. The molecule has 1 aliphatic carbocycles. The van der Waals surface area contributed by atoms with Crippen molar-refractivity contribution in [1.29, 1.82) is 0 Å². The van der Waals surface area contributed by atoms with E-state index in [9.17, 15) is 4.79 Å². The lowest BCUT2D eigenvalue weighted by molar-refractivity contribution is -0.133. The minimum absolute atomic E-state index is 0.140. The van der Waals surface area contributed by atoms with Crippen molar-refractivity contribution in [3.8, 4) is 0 Å². The number of hydrogen-bond acceptors (Lipinski definition) is 2. The Hall–Kier alpha value is 0.110. The first-order valence-electron chi connectivity index (χ1n) is 5.24. The highest BCUT2D eigenvalue weighted by Gasteiger charge is 2.39. The van der Waals surface area contributed by atoms with E-state index in [-0.39, 0.29) is 11.3 Å². The molecule has 1 heterocycles. The second kappa shape index (κ2) is 4.31. The van der Waals surface area contributed by atoms with Crippen LogP contribution in [0.4, 0.5) is 0 Å². The van der Waals surface area contributed by atoms with Crippen molar-refractivity contribution in [2.45, 2.75) is 43.6 Å². The monoisotopic (exact) mass is 233 g/mol. The van der Waals surface area contributed by atoms with Gasteiger partial charge in [0, 0.05) is 17.8 Å². The molecule has 2 fully saturated rings. The average Bonchev–Trinajstić information content (AvgIpc) is 2.81. The second-order valence-electron chi connectivity index (χ2n) is 4.11. The SMILES string of the molecule is C[C@@H](Cl)C(=O)N(C1CC1)[C@H]1CCSC1. The van der Waals surface area contributed by atoms with E-state index in [0.717, 1.165) is 12.2 Å². The number of halogens is 1. The van der Waals surface area contributed by atoms with E-state index in [2.05, 4.69) is 4.90 Å². The standard InChI is InChI=1S/C10H16ClNOS/c1-7(11)10(13)12(8-2-3-8)9-4-5-14-6-9/h7-9H,2-6H2,1H3/t7-,9+/m1/s1. The van der Waals surface area contributed by atoms with Crippen molar-refractivity contribution in [1.82, 2.24) is 4.90 Å². The summed E-state index contributed by atoms with van der Waals surface area (Å²) < 4.78 is 0. The smallest absolute Gasteiger partial charge is 0.240 e. The van der Waals surface area contributed by atoms with Crippen LogP contribution in [0.15, 0.2) is 0 Å². The molecule has 2 rings (SSSR count). The number of carbonyl (C=O) groups excluding carboxylic acids is 1. The van der Waals surface area contributed by atoms with Gasteiger partial charge in [0.25, 0.3) is 0 Å². The van der Waals surface area contributed by atoms with Crippen LogP contribution in [0.3, 0.4) is 0 Å². The fraction of sp³-hybridized carbons (Fsp3) is 0.900. The molecule has 2 atom stereocenters. The van der Waals surface area contributed by atoms with E-state index in [1.54, 1.807) is 6.92 Å². The molecule has 1 aliphatic heterocycles. The molecule has 0 unspecified atom stereocenters. The van der Waals surface area contributed by atoms with Gasteiger partial charge in [-0.1, -0.05) is 0 Å². The summed E-state index contributed by atoms with van der Waals surface area (Å²) in [6.07, 6.45) is 3.50. The van der Waals surface area contributed by atoms with Gasteiger partial charge in [-0.05, 0) is 31.9 Å². The first kappa shape index (κ1) is 10.6. The van der Waals surface area contributed by atoms with Gasteiger partial charge in [0.05, 0.1) is 0 Å². The second-order valence-corrected chi connectivity index (χ2v) is 5.91. The van der Waals surface area contributed by atoms with Gasteiger partial charge in [-0.25, -0.2) is 0 Å². The predicted molar refractivity (Wildman–Crippen MR) is 60.9 cm³/mol. The van der Waals surface area contributed by atoms with E-state index in [4.69, 9.17) is 11.6 Å². The van der Waals surface area contributed by atoms with Crippen molar-refractivity contribution in [2.24, 2.45) is 0 Å². The van der Waals surface area contributed by atoms with Crippen LogP contribution in [-0.2, 0) is 4.79 Å². The van der Waals surface area contributed by atoms with Gasteiger partial charge in [0.2, 0.25) is 5.91 Å². The lowest BCUT2D eigenvalue weighted by Crippen LogP contribution is -2.45. The zero-order valence-corrected chi connectivity index (χ0v) is 9.98. The molecule has 0 radical (unpaired) electrons. The predicted octanol–water partition coefficient (Wildman–Crippen LogP) is 2.11. The van der Waals surface area contributed by atoms with Crippen LogP contribution in [0.1, 0.15) is 26.2 Å². The first-order valence-corrected chi connectivity index (χ1v) is 6.83. The third kappa shape index (κ3) is 2.19. The lowest BCUT2D eigenvalue weighted by Gasteiger charge is -2.29. The molecule has 0 aromatic rings. The quantitative estimate of drug-likeness (QED) is 0.696. The number of carbonyl (C=O) groups is 1. The molecule has 1 saturated heterocycles. The van der Waals surface area contributed by atoms with Crippen molar-refractivity contribution in [3.05, 3.63) is 0 Å². The molecule has 1 amide bonds. The highest BCUT2D eigenvalue weighted by atomic mass is 35.5. The van der Waals surface area contributed by atoms with Crippen LogP contribution in [0.2, 0.25) is 0 Å². The average molecular weight is 234 g/mol. The minimum atomic E-state index is -0.360. The number of thioether (sulfide) groups is 1. The van der Waals surface area contributed by atoms with Crippen molar-refractivity contribution in [3.63, 3.8) is 0 Å². The summed E-state index contributed by atoms with van der Waals surface area (Å²) in [5.41, 5.74) is 0. The maximum atomic E-state index is 11.9. The molecule has 14 heavy (non-hydrogen) atoms. The molecule has 0 aromatic carbocycles. The summed E-state index contributed by atoms with van der Waals surface area (Å²) >= 11 is 7.82. The molecule has 0 spiro atoms. The Kier molecular flexibility index (Phi) is 3.27. The highest BCUT2D eigenvalue weighted by Crippen LogP contribution is 2.34. The number of amides is 1. The third-order valence-electron chi connectivity index (χ3n) is 2.83. The summed E-state index contributed by atoms with van der Waals surface area (Å²) in [7, 11) is 0. The molecular formula is C10H16ClNOS. The summed E-state index contributed by atoms with van der Waals surface area (Å²) in [4.78, 5) is 14.0. The van der Waals surface area contributed by atoms with Crippen LogP contribution in [0, 0.1) is 0 Å². The van der Waals surface area contributed by atoms with E-state index in [0.29, 0.717) is 12.1 Å². The van der Waals surface area contributed by atoms with E-state index in [1.165, 1.54) is 18.6 Å². The van der Waals surface area contributed by atoms with Gasteiger partial charge >= 0.3 is 0 Å². The lowest BCUT2D eigenvalue weighted by atomic mass is 10.2. The molecule has 2 nitrogen and oxygen atoms in total. The Bertz CT molecular complexity index is 224. The summed E-state index contributed by atoms with van der Waals surface area (Å²) in [5.74, 6) is 2.44. The molecule has 1 saturated carbocycles. The molecule has 0 aromatic heterocycles. The number of nitrogens with zero attached hydrogens (tertiary/aromatic N) is 1. The topological polar surface area (TPSA) is 20.3 Å². The third-order valence-corrected chi connectivity index (χ3v) is 4.17. The van der Waals surface area contributed by atoms with Gasteiger partial charge < -0.3 is 4.90 Å². The molecule has 4 heteroatoms. The normalized spacial score (nSPS) is 28.9. The number of hydrogen-bond donors (Lipinski definition) is 0. The highest BCUT2D eigenvalue weighted by molar-refractivity contribution is 7.99. The molecule has 80 valence electrons. The maximum Gasteiger partial charge on any atom is 0.240 e. The zero-order valence-electron chi connectivity index (χ0n) is 8.41. The number of rotatable bonds is 3. The van der Waals surface area contributed by atoms with Gasteiger partial charge in [0.1, 0.15) is 5.38 Å². The van der Waals surface area contributed by atoms with Gasteiger partial charge in [0.15, 0.2) is 0 Å².